The maximum atomic E-state index is 6.00. The van der Waals surface area contributed by atoms with Crippen LogP contribution in [0.2, 0.25) is 5.54 Å². The van der Waals surface area contributed by atoms with Crippen molar-refractivity contribution >= 4 is 8.72 Å². The Morgan fingerprint density at radius 2 is 1.44 bits per heavy atom. The summed E-state index contributed by atoms with van der Waals surface area (Å²) < 4.78 is 12.0. The second-order valence-corrected chi connectivity index (χ2v) is 7.48. The van der Waals surface area contributed by atoms with Crippen LogP contribution < -0.4 is 4.98 Å². The van der Waals surface area contributed by atoms with Crippen LogP contribution in [0, 0.1) is 0 Å². The minimum Gasteiger partial charge on any atom is -0.383 e. The highest BCUT2D eigenvalue weighted by atomic mass is 28.4. The molecule has 0 rings (SSSR count). The van der Waals surface area contributed by atoms with Crippen molar-refractivity contribution in [3.63, 3.8) is 0 Å². The summed E-state index contributed by atoms with van der Waals surface area (Å²) in [6.45, 7) is 14.3. The first-order chi connectivity index (χ1) is 7.56. The summed E-state index contributed by atoms with van der Waals surface area (Å²) in [6.07, 6.45) is 2.20. The lowest BCUT2D eigenvalue weighted by atomic mass is 10.3. The van der Waals surface area contributed by atoms with Gasteiger partial charge in [0.05, 0.1) is 0 Å². The lowest BCUT2D eigenvalue weighted by Gasteiger charge is -2.36. The van der Waals surface area contributed by atoms with Gasteiger partial charge in [0, 0.05) is 24.8 Å². The number of hydrogen-bond acceptors (Lipinski definition) is 3. The van der Waals surface area contributed by atoms with Gasteiger partial charge in [-0.3, -0.25) is 4.98 Å². The van der Waals surface area contributed by atoms with E-state index in [4.69, 9.17) is 8.85 Å². The molecule has 0 aromatic rings. The van der Waals surface area contributed by atoms with Crippen LogP contribution in [-0.2, 0) is 8.85 Å². The Balaban J connectivity index is 4.76. The fraction of sp³-hybridized carbons (Fsp3) is 1.00. The molecule has 2 atom stereocenters. The molecule has 0 aliphatic rings. The lowest BCUT2D eigenvalue weighted by Crippen LogP contribution is -2.61. The molecular formula is C12H29NO2Si. The van der Waals surface area contributed by atoms with Gasteiger partial charge in [-0.25, -0.2) is 0 Å². The van der Waals surface area contributed by atoms with Gasteiger partial charge in [-0.15, -0.1) is 0 Å². The average Bonchev–Trinajstić information content (AvgIpc) is 2.28. The summed E-state index contributed by atoms with van der Waals surface area (Å²) >= 11 is 0. The molecule has 0 fully saturated rings. The lowest BCUT2D eigenvalue weighted by molar-refractivity contribution is 0.156. The molecule has 0 radical (unpaired) electrons. The van der Waals surface area contributed by atoms with Crippen LogP contribution in [0.3, 0.4) is 0 Å². The van der Waals surface area contributed by atoms with Gasteiger partial charge in [0.15, 0.2) is 0 Å². The van der Waals surface area contributed by atoms with Gasteiger partial charge in [0.25, 0.3) is 0 Å². The van der Waals surface area contributed by atoms with Crippen molar-refractivity contribution in [2.45, 2.75) is 66.0 Å². The van der Waals surface area contributed by atoms with E-state index in [-0.39, 0.29) is 0 Å². The van der Waals surface area contributed by atoms with Gasteiger partial charge in [-0.05, 0) is 20.3 Å². The Hall–Kier alpha value is 0.0969. The van der Waals surface area contributed by atoms with E-state index in [0.717, 1.165) is 26.1 Å². The van der Waals surface area contributed by atoms with Gasteiger partial charge in [0.2, 0.25) is 0 Å². The second-order valence-electron chi connectivity index (χ2n) is 4.30. The fourth-order valence-electron chi connectivity index (χ4n) is 1.69. The summed E-state index contributed by atoms with van der Waals surface area (Å²) in [6, 6.07) is 0.457. The van der Waals surface area contributed by atoms with E-state index >= 15 is 0 Å². The van der Waals surface area contributed by atoms with E-state index in [9.17, 15) is 0 Å². The van der Waals surface area contributed by atoms with Crippen molar-refractivity contribution in [2.24, 2.45) is 0 Å². The number of rotatable bonds is 9. The van der Waals surface area contributed by atoms with Crippen LogP contribution in [0.4, 0.5) is 0 Å². The minimum atomic E-state index is -2.23. The molecule has 0 aliphatic carbocycles. The fourth-order valence-corrected chi connectivity index (χ4v) is 5.08. The largest absolute Gasteiger partial charge is 0.428 e. The van der Waals surface area contributed by atoms with E-state index in [1.165, 1.54) is 0 Å². The molecule has 16 heavy (non-hydrogen) atoms. The van der Waals surface area contributed by atoms with Crippen LogP contribution in [0.15, 0.2) is 0 Å². The molecule has 0 saturated heterocycles. The average molecular weight is 247 g/mol. The number of nitrogens with one attached hydrogen (secondary N) is 1. The first-order valence-corrected chi connectivity index (χ1v) is 8.51. The molecule has 0 amide bonds. The van der Waals surface area contributed by atoms with E-state index in [0.29, 0.717) is 11.6 Å². The Labute approximate surface area is 102 Å². The summed E-state index contributed by atoms with van der Waals surface area (Å²) in [5, 5.41) is 0. The van der Waals surface area contributed by atoms with E-state index in [1.807, 2.05) is 13.8 Å². The Morgan fingerprint density at radius 1 is 0.938 bits per heavy atom. The van der Waals surface area contributed by atoms with Crippen LogP contribution in [0.5, 0.6) is 0 Å². The molecule has 3 nitrogen and oxygen atoms in total. The van der Waals surface area contributed by atoms with Crippen LogP contribution in [0.1, 0.15) is 54.4 Å². The monoisotopic (exact) mass is 247 g/mol. The molecule has 1 N–H and O–H groups in total. The van der Waals surface area contributed by atoms with Crippen molar-refractivity contribution in [1.82, 2.24) is 4.98 Å². The summed E-state index contributed by atoms with van der Waals surface area (Å²) in [7, 11) is -2.23. The highest BCUT2D eigenvalue weighted by molar-refractivity contribution is 6.66. The van der Waals surface area contributed by atoms with Crippen molar-refractivity contribution < 1.29 is 8.85 Å². The zero-order valence-corrected chi connectivity index (χ0v) is 12.8. The van der Waals surface area contributed by atoms with E-state index < -0.39 is 8.72 Å². The van der Waals surface area contributed by atoms with Gasteiger partial charge >= 0.3 is 8.72 Å². The summed E-state index contributed by atoms with van der Waals surface area (Å²) in [4.78, 5) is 3.63. The quantitative estimate of drug-likeness (QED) is 0.635. The van der Waals surface area contributed by atoms with Gasteiger partial charge < -0.3 is 8.85 Å². The molecular weight excluding hydrogens is 218 g/mol. The minimum absolute atomic E-state index is 0.457. The molecule has 0 aromatic heterocycles. The first-order valence-electron chi connectivity index (χ1n) is 6.61. The third kappa shape index (κ3) is 4.53. The predicted molar refractivity (Wildman–Crippen MR) is 71.6 cm³/mol. The summed E-state index contributed by atoms with van der Waals surface area (Å²) in [5.41, 5.74) is 0.474. The predicted octanol–water partition coefficient (Wildman–Crippen LogP) is 3.19. The molecule has 98 valence electrons. The molecule has 0 aliphatic heterocycles. The standard InChI is InChI=1S/C12H29NO2Si/c1-7-11(5)13-16(14-9-3,15-10-4)12(6)8-2/h11-13H,7-10H2,1-6H3. The van der Waals surface area contributed by atoms with Crippen LogP contribution in [0.25, 0.3) is 0 Å². The van der Waals surface area contributed by atoms with Crippen molar-refractivity contribution in [3.05, 3.63) is 0 Å². The molecule has 0 bridgehead atoms. The number of hydrogen-bond donors (Lipinski definition) is 1. The first kappa shape index (κ1) is 16.1. The normalized spacial score (nSPS) is 16.1. The molecule has 0 heterocycles. The second kappa shape index (κ2) is 8.23. The van der Waals surface area contributed by atoms with Crippen LogP contribution in [-0.4, -0.2) is 28.0 Å². The Morgan fingerprint density at radius 3 is 1.75 bits per heavy atom. The highest BCUT2D eigenvalue weighted by Gasteiger charge is 2.44. The van der Waals surface area contributed by atoms with Crippen molar-refractivity contribution in [1.29, 1.82) is 0 Å². The molecule has 0 aromatic carbocycles. The smallest absolute Gasteiger partial charge is 0.383 e. The molecule has 4 heteroatoms. The van der Waals surface area contributed by atoms with Crippen LogP contribution >= 0.6 is 0 Å². The SMILES string of the molecule is CCO[Si](NC(C)CC)(OCC)C(C)CC. The third-order valence-electron chi connectivity index (χ3n) is 3.04. The maximum absolute atomic E-state index is 6.00. The Bertz CT molecular complexity index is 172. The van der Waals surface area contributed by atoms with Gasteiger partial charge in [0.1, 0.15) is 0 Å². The molecule has 2 unspecified atom stereocenters. The van der Waals surface area contributed by atoms with E-state index in [1.54, 1.807) is 0 Å². The van der Waals surface area contributed by atoms with Crippen molar-refractivity contribution in [2.75, 3.05) is 13.2 Å². The molecule has 0 spiro atoms. The van der Waals surface area contributed by atoms with Crippen molar-refractivity contribution in [3.8, 4) is 0 Å². The van der Waals surface area contributed by atoms with Gasteiger partial charge in [-0.1, -0.05) is 34.1 Å². The third-order valence-corrected chi connectivity index (χ3v) is 7.07. The molecule has 0 saturated carbocycles. The summed E-state index contributed by atoms with van der Waals surface area (Å²) in [5.74, 6) is 0. The maximum Gasteiger partial charge on any atom is 0.428 e. The van der Waals surface area contributed by atoms with E-state index in [2.05, 4.69) is 32.7 Å². The zero-order valence-electron chi connectivity index (χ0n) is 11.8. The van der Waals surface area contributed by atoms with Gasteiger partial charge in [-0.2, -0.15) is 0 Å². The topological polar surface area (TPSA) is 30.5 Å². The Kier molecular flexibility index (Phi) is 8.28. The zero-order chi connectivity index (χ0) is 12.6. The highest BCUT2D eigenvalue weighted by Crippen LogP contribution is 2.25.